The summed E-state index contributed by atoms with van der Waals surface area (Å²) < 4.78 is 1.70. The Morgan fingerprint density at radius 2 is 2.12 bits per heavy atom. The zero-order valence-corrected chi connectivity index (χ0v) is 10.3. The highest BCUT2D eigenvalue weighted by Crippen LogP contribution is 2.25. The zero-order chi connectivity index (χ0) is 12.0. The Bertz CT molecular complexity index is 661. The number of aromatic nitrogens is 5. The van der Waals surface area contributed by atoms with Crippen LogP contribution in [0.3, 0.4) is 0 Å². The van der Waals surface area contributed by atoms with Crippen LogP contribution in [0, 0.1) is 0 Å². The molecule has 0 saturated carbocycles. The van der Waals surface area contributed by atoms with Crippen molar-refractivity contribution < 1.29 is 0 Å². The third kappa shape index (κ3) is 1.77. The van der Waals surface area contributed by atoms with E-state index in [1.165, 1.54) is 0 Å². The molecule has 86 valence electrons. The summed E-state index contributed by atoms with van der Waals surface area (Å²) >= 11 is 11.7. The molecule has 3 rings (SSSR count). The van der Waals surface area contributed by atoms with E-state index in [1.807, 2.05) is 19.3 Å². The molecule has 0 aliphatic carbocycles. The van der Waals surface area contributed by atoms with Crippen LogP contribution in [0.4, 0.5) is 0 Å². The highest BCUT2D eigenvalue weighted by atomic mass is 35.5. The lowest BCUT2D eigenvalue weighted by Crippen LogP contribution is -1.88. The molecule has 0 amide bonds. The minimum absolute atomic E-state index is 0.248. The number of aromatic amines is 1. The summed E-state index contributed by atoms with van der Waals surface area (Å²) in [4.78, 5) is 11.5. The van der Waals surface area contributed by atoms with Gasteiger partial charge in [0.25, 0.3) is 0 Å². The molecule has 0 spiro atoms. The molecule has 0 saturated heterocycles. The number of rotatable bonds is 1. The fraction of sp³-hybridized carbons (Fsp3) is 0.100. The first-order valence-electron chi connectivity index (χ1n) is 4.85. The number of pyridine rings is 1. The van der Waals surface area contributed by atoms with Gasteiger partial charge in [-0.3, -0.25) is 4.68 Å². The molecule has 0 atom stereocenters. The van der Waals surface area contributed by atoms with Crippen molar-refractivity contribution in [2.24, 2.45) is 7.05 Å². The maximum absolute atomic E-state index is 5.89. The molecule has 17 heavy (non-hydrogen) atoms. The first kappa shape index (κ1) is 10.6. The van der Waals surface area contributed by atoms with Crippen molar-refractivity contribution in [3.8, 4) is 11.5 Å². The Morgan fingerprint density at radius 1 is 1.29 bits per heavy atom. The molecule has 3 aromatic rings. The maximum Gasteiger partial charge on any atom is 0.179 e. The summed E-state index contributed by atoms with van der Waals surface area (Å²) in [6, 6.07) is 3.56. The van der Waals surface area contributed by atoms with E-state index < -0.39 is 0 Å². The number of hydrogen-bond acceptors (Lipinski definition) is 3. The van der Waals surface area contributed by atoms with Gasteiger partial charge in [-0.15, -0.1) is 0 Å². The van der Waals surface area contributed by atoms with Crippen LogP contribution in [-0.4, -0.2) is 24.7 Å². The lowest BCUT2D eigenvalue weighted by Gasteiger charge is -1.92. The fourth-order valence-electron chi connectivity index (χ4n) is 1.56. The van der Waals surface area contributed by atoms with E-state index in [9.17, 15) is 0 Å². The van der Waals surface area contributed by atoms with Crippen molar-refractivity contribution in [1.82, 2.24) is 24.7 Å². The smallest absolute Gasteiger partial charge is 0.179 e. The van der Waals surface area contributed by atoms with E-state index in [-0.39, 0.29) is 5.15 Å². The number of nitrogens with zero attached hydrogens (tertiary/aromatic N) is 4. The largest absolute Gasteiger partial charge is 0.335 e. The number of fused-ring (bicyclic) bond motifs is 1. The quantitative estimate of drug-likeness (QED) is 0.690. The van der Waals surface area contributed by atoms with Gasteiger partial charge in [-0.05, 0) is 12.1 Å². The third-order valence-electron chi connectivity index (χ3n) is 2.34. The first-order valence-corrected chi connectivity index (χ1v) is 5.61. The Balaban J connectivity index is 2.19. The van der Waals surface area contributed by atoms with Gasteiger partial charge in [-0.1, -0.05) is 23.2 Å². The summed E-state index contributed by atoms with van der Waals surface area (Å²) in [5.41, 5.74) is 2.01. The van der Waals surface area contributed by atoms with Crippen LogP contribution in [0.2, 0.25) is 10.2 Å². The topological polar surface area (TPSA) is 59.4 Å². The minimum Gasteiger partial charge on any atom is -0.335 e. The third-order valence-corrected chi connectivity index (χ3v) is 3.01. The van der Waals surface area contributed by atoms with E-state index in [4.69, 9.17) is 23.2 Å². The predicted molar refractivity (Wildman–Crippen MR) is 66.1 cm³/mol. The monoisotopic (exact) mass is 267 g/mol. The lowest BCUT2D eigenvalue weighted by molar-refractivity contribution is 0.769. The molecule has 0 bridgehead atoms. The fourth-order valence-corrected chi connectivity index (χ4v) is 1.84. The molecular formula is C10H7Cl2N5. The number of aryl methyl sites for hydroxylation is 1. The molecule has 3 heterocycles. The Hall–Kier alpha value is -1.59. The molecule has 0 fully saturated rings. The van der Waals surface area contributed by atoms with Gasteiger partial charge < -0.3 is 4.98 Å². The highest BCUT2D eigenvalue weighted by molar-refractivity contribution is 6.41. The average molecular weight is 268 g/mol. The Kier molecular flexibility index (Phi) is 2.31. The average Bonchev–Trinajstić information content (AvgIpc) is 2.85. The van der Waals surface area contributed by atoms with Gasteiger partial charge in [0.05, 0.1) is 10.5 Å². The second kappa shape index (κ2) is 3.72. The van der Waals surface area contributed by atoms with Crippen molar-refractivity contribution >= 4 is 34.4 Å². The van der Waals surface area contributed by atoms with Crippen molar-refractivity contribution in [2.45, 2.75) is 0 Å². The second-order valence-electron chi connectivity index (χ2n) is 3.59. The van der Waals surface area contributed by atoms with Gasteiger partial charge in [0.15, 0.2) is 11.5 Å². The molecule has 5 nitrogen and oxygen atoms in total. The minimum atomic E-state index is 0.248. The van der Waals surface area contributed by atoms with Crippen LogP contribution in [0.1, 0.15) is 0 Å². The number of imidazole rings is 1. The molecule has 7 heteroatoms. The molecule has 1 N–H and O–H groups in total. The Morgan fingerprint density at radius 3 is 2.82 bits per heavy atom. The van der Waals surface area contributed by atoms with Crippen molar-refractivity contribution in [2.75, 3.05) is 0 Å². The summed E-state index contributed by atoms with van der Waals surface area (Å²) in [5, 5.41) is 4.90. The number of H-pyrrole nitrogens is 1. The van der Waals surface area contributed by atoms with E-state index in [0.717, 1.165) is 11.2 Å². The van der Waals surface area contributed by atoms with Gasteiger partial charge in [-0.2, -0.15) is 5.10 Å². The molecule has 3 aromatic heterocycles. The molecular weight excluding hydrogens is 261 g/mol. The number of nitrogens with one attached hydrogen (secondary N) is 1. The van der Waals surface area contributed by atoms with Gasteiger partial charge in [0.1, 0.15) is 10.8 Å². The van der Waals surface area contributed by atoms with Gasteiger partial charge >= 0.3 is 0 Å². The summed E-state index contributed by atoms with van der Waals surface area (Å²) in [5.74, 6) is 0.645. The highest BCUT2D eigenvalue weighted by Gasteiger charge is 2.10. The van der Waals surface area contributed by atoms with E-state index in [2.05, 4.69) is 20.1 Å². The lowest BCUT2D eigenvalue weighted by atomic mass is 10.4. The van der Waals surface area contributed by atoms with Crippen LogP contribution in [0.15, 0.2) is 18.3 Å². The number of hydrogen-bond donors (Lipinski definition) is 1. The molecule has 0 aliphatic heterocycles. The van der Waals surface area contributed by atoms with Crippen LogP contribution in [-0.2, 0) is 7.05 Å². The van der Waals surface area contributed by atoms with Crippen molar-refractivity contribution in [3.63, 3.8) is 0 Å². The second-order valence-corrected chi connectivity index (χ2v) is 4.36. The first-order chi connectivity index (χ1) is 8.13. The van der Waals surface area contributed by atoms with Gasteiger partial charge in [0, 0.05) is 13.2 Å². The molecule has 0 aliphatic rings. The van der Waals surface area contributed by atoms with Gasteiger partial charge in [-0.25, -0.2) is 9.97 Å². The summed E-state index contributed by atoms with van der Waals surface area (Å²) in [7, 11) is 1.85. The van der Waals surface area contributed by atoms with Crippen molar-refractivity contribution in [1.29, 1.82) is 0 Å². The predicted octanol–water partition coefficient (Wildman–Crippen LogP) is 2.67. The van der Waals surface area contributed by atoms with Crippen LogP contribution in [0.5, 0.6) is 0 Å². The Labute approximate surface area is 106 Å². The van der Waals surface area contributed by atoms with Crippen LogP contribution >= 0.6 is 23.2 Å². The summed E-state index contributed by atoms with van der Waals surface area (Å²) in [6.07, 6.45) is 1.84. The van der Waals surface area contributed by atoms with E-state index in [0.29, 0.717) is 16.5 Å². The SMILES string of the molecule is Cn1ccc(-c2nc3nc(Cl)c(Cl)cc3[nH]2)n1. The maximum atomic E-state index is 5.89. The van der Waals surface area contributed by atoms with Crippen molar-refractivity contribution in [3.05, 3.63) is 28.5 Å². The van der Waals surface area contributed by atoms with Crippen LogP contribution in [0.25, 0.3) is 22.7 Å². The van der Waals surface area contributed by atoms with E-state index in [1.54, 1.807) is 10.7 Å². The number of halogens is 2. The summed E-state index contributed by atoms with van der Waals surface area (Å²) in [6.45, 7) is 0. The van der Waals surface area contributed by atoms with E-state index >= 15 is 0 Å². The molecule has 0 aromatic carbocycles. The normalized spacial score (nSPS) is 11.2. The zero-order valence-electron chi connectivity index (χ0n) is 8.78. The molecule has 0 unspecified atom stereocenters. The van der Waals surface area contributed by atoms with Gasteiger partial charge in [0.2, 0.25) is 0 Å². The van der Waals surface area contributed by atoms with Crippen LogP contribution < -0.4 is 0 Å². The molecule has 0 radical (unpaired) electrons. The standard InChI is InChI=1S/C10H7Cl2N5/c1-17-3-2-6(16-17)9-13-7-4-5(11)8(12)14-10(7)15-9/h2-4H,1H3,(H,13,14,15).